The van der Waals surface area contributed by atoms with Crippen LogP contribution in [0.2, 0.25) is 0 Å². The number of amides is 2. The fourth-order valence-electron chi connectivity index (χ4n) is 2.51. The highest BCUT2D eigenvalue weighted by Crippen LogP contribution is 2.27. The number of hydrogen-bond donors (Lipinski definition) is 1. The van der Waals surface area contributed by atoms with E-state index in [1.165, 1.54) is 17.8 Å². The Morgan fingerprint density at radius 3 is 2.86 bits per heavy atom. The van der Waals surface area contributed by atoms with Gasteiger partial charge in [0.2, 0.25) is 5.91 Å². The molecule has 8 nitrogen and oxygen atoms in total. The maximum atomic E-state index is 12.2. The normalized spacial score (nSPS) is 19.3. The van der Waals surface area contributed by atoms with Gasteiger partial charge in [0.25, 0.3) is 5.91 Å². The number of rotatable bonds is 2. The maximum Gasteiger partial charge on any atom is 0.337 e. The summed E-state index contributed by atoms with van der Waals surface area (Å²) in [6, 6.07) is 3.93. The summed E-state index contributed by atoms with van der Waals surface area (Å²) >= 11 is 0. The average molecular weight is 288 g/mol. The van der Waals surface area contributed by atoms with Crippen LogP contribution in [-0.4, -0.2) is 49.8 Å². The van der Waals surface area contributed by atoms with Crippen LogP contribution in [0, 0.1) is 0 Å². The molecule has 1 aromatic heterocycles. The number of carboxylic acids is 1. The number of nitrogens with zero attached hydrogens (tertiary/aromatic N) is 4. The molecule has 3 rings (SSSR count). The van der Waals surface area contributed by atoms with E-state index in [-0.39, 0.29) is 24.3 Å². The van der Waals surface area contributed by atoms with E-state index in [4.69, 9.17) is 0 Å². The van der Waals surface area contributed by atoms with E-state index in [1.54, 1.807) is 12.1 Å². The molecule has 1 saturated heterocycles. The molecule has 21 heavy (non-hydrogen) atoms. The smallest absolute Gasteiger partial charge is 0.337 e. The molecule has 108 valence electrons. The summed E-state index contributed by atoms with van der Waals surface area (Å²) in [4.78, 5) is 36.1. The Morgan fingerprint density at radius 2 is 2.14 bits per heavy atom. The largest absolute Gasteiger partial charge is 0.478 e. The molecule has 1 fully saturated rings. The van der Waals surface area contributed by atoms with Gasteiger partial charge >= 0.3 is 5.97 Å². The standard InChI is InChI=1S/C13H12N4O4/c1-16-10(18)6-5-9(12(16)19)17-11-7(13(20)21)3-2-4-8(11)14-15-17/h2-4,9H,5-6H2,1H3,(H,20,21). The molecule has 1 unspecified atom stereocenters. The number of imide groups is 1. The Hall–Kier alpha value is -2.77. The quantitative estimate of drug-likeness (QED) is 0.804. The highest BCUT2D eigenvalue weighted by molar-refractivity contribution is 6.03. The van der Waals surface area contributed by atoms with E-state index in [1.807, 2.05) is 0 Å². The minimum atomic E-state index is -1.11. The van der Waals surface area contributed by atoms with Crippen molar-refractivity contribution in [1.82, 2.24) is 19.9 Å². The van der Waals surface area contributed by atoms with E-state index >= 15 is 0 Å². The lowest BCUT2D eigenvalue weighted by molar-refractivity contribution is -0.149. The predicted octanol–water partition coefficient (Wildman–Crippen LogP) is 0.449. The Bertz CT molecular complexity index is 767. The van der Waals surface area contributed by atoms with Gasteiger partial charge < -0.3 is 5.11 Å². The number of para-hydroxylation sites is 1. The van der Waals surface area contributed by atoms with Gasteiger partial charge in [-0.3, -0.25) is 14.5 Å². The second-order valence-corrected chi connectivity index (χ2v) is 4.86. The zero-order valence-corrected chi connectivity index (χ0v) is 11.2. The van der Waals surface area contributed by atoms with Crippen LogP contribution in [0.3, 0.4) is 0 Å². The van der Waals surface area contributed by atoms with Crippen LogP contribution < -0.4 is 0 Å². The lowest BCUT2D eigenvalue weighted by Gasteiger charge is -2.27. The van der Waals surface area contributed by atoms with Crippen LogP contribution in [-0.2, 0) is 9.59 Å². The number of carbonyl (C=O) groups is 3. The van der Waals surface area contributed by atoms with Crippen molar-refractivity contribution in [3.8, 4) is 0 Å². The molecule has 2 aromatic rings. The van der Waals surface area contributed by atoms with Crippen molar-refractivity contribution in [2.45, 2.75) is 18.9 Å². The Morgan fingerprint density at radius 1 is 1.38 bits per heavy atom. The summed E-state index contributed by atoms with van der Waals surface area (Å²) in [6.45, 7) is 0. The molecular weight excluding hydrogens is 276 g/mol. The molecular formula is C13H12N4O4. The molecule has 0 radical (unpaired) electrons. The summed E-state index contributed by atoms with van der Waals surface area (Å²) < 4.78 is 1.31. The number of hydrogen-bond acceptors (Lipinski definition) is 5. The van der Waals surface area contributed by atoms with Crippen LogP contribution in [0.25, 0.3) is 11.0 Å². The molecule has 2 amide bonds. The van der Waals surface area contributed by atoms with E-state index in [9.17, 15) is 19.5 Å². The zero-order valence-electron chi connectivity index (χ0n) is 11.2. The Labute approximate surface area is 118 Å². The molecule has 0 saturated carbocycles. The molecule has 1 aliphatic heterocycles. The van der Waals surface area contributed by atoms with Gasteiger partial charge in [-0.05, 0) is 18.6 Å². The highest BCUT2D eigenvalue weighted by atomic mass is 16.4. The second kappa shape index (κ2) is 4.65. The van der Waals surface area contributed by atoms with Gasteiger partial charge in [0.05, 0.1) is 5.56 Å². The second-order valence-electron chi connectivity index (χ2n) is 4.86. The molecule has 1 aliphatic rings. The van der Waals surface area contributed by atoms with Gasteiger partial charge in [-0.2, -0.15) is 0 Å². The van der Waals surface area contributed by atoms with Gasteiger partial charge in [0, 0.05) is 13.5 Å². The predicted molar refractivity (Wildman–Crippen MR) is 70.5 cm³/mol. The van der Waals surface area contributed by atoms with Crippen molar-refractivity contribution in [2.75, 3.05) is 7.05 Å². The number of piperidine rings is 1. The first kappa shape index (κ1) is 13.2. The number of aromatic nitrogens is 3. The van der Waals surface area contributed by atoms with Gasteiger partial charge in [-0.25, -0.2) is 9.48 Å². The van der Waals surface area contributed by atoms with Gasteiger partial charge in [-0.1, -0.05) is 11.3 Å². The monoisotopic (exact) mass is 288 g/mol. The first-order valence-electron chi connectivity index (χ1n) is 6.38. The number of likely N-dealkylation sites (tertiary alicyclic amines) is 1. The van der Waals surface area contributed by atoms with Crippen LogP contribution in [0.15, 0.2) is 18.2 Å². The number of fused-ring (bicyclic) bond motifs is 1. The van der Waals surface area contributed by atoms with Crippen LogP contribution >= 0.6 is 0 Å². The summed E-state index contributed by atoms with van der Waals surface area (Å²) in [6.07, 6.45) is 0.498. The number of carboxylic acid groups (broad SMARTS) is 1. The minimum absolute atomic E-state index is 0.0323. The lowest BCUT2D eigenvalue weighted by Crippen LogP contribution is -2.43. The van der Waals surface area contributed by atoms with E-state index in [2.05, 4.69) is 10.3 Å². The van der Waals surface area contributed by atoms with Crippen molar-refractivity contribution in [1.29, 1.82) is 0 Å². The van der Waals surface area contributed by atoms with Crippen LogP contribution in [0.4, 0.5) is 0 Å². The molecule has 2 heterocycles. The van der Waals surface area contributed by atoms with Crippen molar-refractivity contribution < 1.29 is 19.5 Å². The molecule has 0 aliphatic carbocycles. The van der Waals surface area contributed by atoms with Crippen LogP contribution in [0.1, 0.15) is 29.2 Å². The van der Waals surface area contributed by atoms with Gasteiger partial charge in [-0.15, -0.1) is 5.10 Å². The summed E-state index contributed by atoms with van der Waals surface area (Å²) in [5.74, 6) is -1.77. The molecule has 1 aromatic carbocycles. The van der Waals surface area contributed by atoms with Crippen molar-refractivity contribution >= 4 is 28.8 Å². The third-order valence-electron chi connectivity index (χ3n) is 3.64. The lowest BCUT2D eigenvalue weighted by atomic mass is 10.0. The highest BCUT2D eigenvalue weighted by Gasteiger charge is 2.35. The third kappa shape index (κ3) is 1.95. The summed E-state index contributed by atoms with van der Waals surface area (Å²) in [5.41, 5.74) is 0.734. The molecule has 0 bridgehead atoms. The van der Waals surface area contributed by atoms with E-state index < -0.39 is 17.9 Å². The SMILES string of the molecule is CN1C(=O)CCC(n2nnc3cccc(C(=O)O)c32)C1=O. The topological polar surface area (TPSA) is 105 Å². The van der Waals surface area contributed by atoms with Gasteiger partial charge in [0.1, 0.15) is 17.1 Å². The Kier molecular flexibility index (Phi) is 2.93. The molecule has 0 spiro atoms. The van der Waals surface area contributed by atoms with Gasteiger partial charge in [0.15, 0.2) is 0 Å². The summed E-state index contributed by atoms with van der Waals surface area (Å²) in [7, 11) is 1.41. The zero-order chi connectivity index (χ0) is 15.1. The van der Waals surface area contributed by atoms with Crippen LogP contribution in [0.5, 0.6) is 0 Å². The van der Waals surface area contributed by atoms with Crippen molar-refractivity contribution in [3.05, 3.63) is 23.8 Å². The number of aromatic carboxylic acids is 1. The van der Waals surface area contributed by atoms with E-state index in [0.717, 1.165) is 4.90 Å². The maximum absolute atomic E-state index is 12.2. The molecule has 8 heteroatoms. The van der Waals surface area contributed by atoms with E-state index in [0.29, 0.717) is 11.0 Å². The summed E-state index contributed by atoms with van der Waals surface area (Å²) in [5, 5.41) is 17.1. The fourth-order valence-corrected chi connectivity index (χ4v) is 2.51. The Balaban J connectivity index is 2.15. The molecule has 1 N–H and O–H groups in total. The van der Waals surface area contributed by atoms with Crippen molar-refractivity contribution in [3.63, 3.8) is 0 Å². The third-order valence-corrected chi connectivity index (χ3v) is 3.64. The molecule has 1 atom stereocenters. The van der Waals surface area contributed by atoms with Crippen molar-refractivity contribution in [2.24, 2.45) is 0 Å². The first-order chi connectivity index (χ1) is 10.0. The average Bonchev–Trinajstić information content (AvgIpc) is 2.88. The fraction of sp³-hybridized carbons (Fsp3) is 0.308. The number of likely N-dealkylation sites (N-methyl/N-ethyl adjacent to an activating group) is 1. The first-order valence-corrected chi connectivity index (χ1v) is 6.38. The minimum Gasteiger partial charge on any atom is -0.478 e. The number of benzene rings is 1. The number of carbonyl (C=O) groups excluding carboxylic acids is 2.